The first-order valence-corrected chi connectivity index (χ1v) is 9.03. The Morgan fingerprint density at radius 3 is 2.68 bits per heavy atom. The lowest BCUT2D eigenvalue weighted by Crippen LogP contribution is -2.24. The summed E-state index contributed by atoms with van der Waals surface area (Å²) in [6.45, 7) is 2.04. The van der Waals surface area contributed by atoms with Crippen LogP contribution in [0, 0.1) is 0 Å². The number of fused-ring (bicyclic) bond motifs is 1. The number of nitrogens with zero attached hydrogens (tertiary/aromatic N) is 2. The van der Waals surface area contributed by atoms with Crippen molar-refractivity contribution in [3.8, 4) is 5.69 Å². The first-order chi connectivity index (χ1) is 12.1. The van der Waals surface area contributed by atoms with Gasteiger partial charge < -0.3 is 4.74 Å². The van der Waals surface area contributed by atoms with Crippen LogP contribution >= 0.6 is 23.4 Å². The molecule has 25 heavy (non-hydrogen) atoms. The van der Waals surface area contributed by atoms with Crippen LogP contribution in [0.3, 0.4) is 0 Å². The molecule has 0 unspecified atom stereocenters. The normalized spacial score (nSPS) is 10.8. The van der Waals surface area contributed by atoms with Crippen molar-refractivity contribution in [2.24, 2.45) is 0 Å². The number of carbonyl (C=O) groups excluding carboxylic acids is 1. The van der Waals surface area contributed by atoms with Crippen LogP contribution in [-0.2, 0) is 10.5 Å². The molecule has 0 spiro atoms. The predicted octanol–water partition coefficient (Wildman–Crippen LogP) is 4.43. The van der Waals surface area contributed by atoms with Crippen molar-refractivity contribution in [1.82, 2.24) is 9.55 Å². The van der Waals surface area contributed by atoms with E-state index in [4.69, 9.17) is 16.3 Å². The quantitative estimate of drug-likeness (QED) is 0.632. The molecule has 7 heteroatoms. The maximum atomic E-state index is 13.0. The summed E-state index contributed by atoms with van der Waals surface area (Å²) in [7, 11) is 0. The van der Waals surface area contributed by atoms with Gasteiger partial charge in [0.25, 0.3) is 5.56 Å². The number of para-hydroxylation sites is 2. The largest absolute Gasteiger partial charge is 0.458 e. The van der Waals surface area contributed by atoms with E-state index < -0.39 is 5.30 Å². The van der Waals surface area contributed by atoms with Crippen molar-refractivity contribution in [2.75, 3.05) is 6.61 Å². The molecule has 5 nitrogen and oxygen atoms in total. The first kappa shape index (κ1) is 17.5. The third-order valence-corrected chi connectivity index (χ3v) is 4.60. The molecule has 0 atom stereocenters. The maximum absolute atomic E-state index is 13.0. The molecule has 3 rings (SSSR count). The van der Waals surface area contributed by atoms with Gasteiger partial charge in [-0.3, -0.25) is 9.36 Å². The van der Waals surface area contributed by atoms with E-state index >= 15 is 0 Å². The maximum Gasteiger partial charge on any atom is 0.367 e. The van der Waals surface area contributed by atoms with Gasteiger partial charge in [-0.05, 0) is 43.0 Å². The Morgan fingerprint density at radius 2 is 1.92 bits per heavy atom. The summed E-state index contributed by atoms with van der Waals surface area (Å²) in [5.41, 5.74) is 0.889. The van der Waals surface area contributed by atoms with Crippen molar-refractivity contribution in [3.05, 3.63) is 69.7 Å². The summed E-state index contributed by atoms with van der Waals surface area (Å²) in [6.07, 6.45) is 0. The third kappa shape index (κ3) is 3.70. The number of aromatic nitrogens is 2. The number of carbonyl (C=O) groups is 1. The second kappa shape index (κ2) is 7.72. The Kier molecular flexibility index (Phi) is 5.40. The molecule has 0 aliphatic rings. The third-order valence-electron chi connectivity index (χ3n) is 3.52. The lowest BCUT2D eigenvalue weighted by molar-refractivity contribution is 0.181. The Bertz CT molecular complexity index is 987. The van der Waals surface area contributed by atoms with Crippen LogP contribution in [0.4, 0.5) is 4.79 Å². The molecule has 0 radical (unpaired) electrons. The number of rotatable bonds is 4. The molecule has 0 amide bonds. The first-order valence-electron chi connectivity index (χ1n) is 7.67. The standard InChI is InChI=1S/C18H15ClN2O3S/c1-2-24-18(23)25-11-16-20-14-9-5-3-7-12(14)17(22)21(16)15-10-6-4-8-13(15)19/h3-10H,2,11H2,1H3. The summed E-state index contributed by atoms with van der Waals surface area (Å²) in [4.78, 5) is 29.3. The van der Waals surface area contributed by atoms with E-state index in [-0.39, 0.29) is 11.3 Å². The monoisotopic (exact) mass is 374 g/mol. The van der Waals surface area contributed by atoms with E-state index in [9.17, 15) is 9.59 Å². The lowest BCUT2D eigenvalue weighted by Gasteiger charge is -2.14. The number of hydrogen-bond acceptors (Lipinski definition) is 5. The molecule has 0 aliphatic heterocycles. The van der Waals surface area contributed by atoms with E-state index in [0.29, 0.717) is 34.0 Å². The van der Waals surface area contributed by atoms with Crippen molar-refractivity contribution < 1.29 is 9.53 Å². The van der Waals surface area contributed by atoms with Crippen molar-refractivity contribution in [1.29, 1.82) is 0 Å². The van der Waals surface area contributed by atoms with Crippen LogP contribution in [0.15, 0.2) is 53.3 Å². The highest BCUT2D eigenvalue weighted by Crippen LogP contribution is 2.23. The zero-order chi connectivity index (χ0) is 17.8. The Balaban J connectivity index is 2.16. The zero-order valence-electron chi connectivity index (χ0n) is 13.4. The molecular weight excluding hydrogens is 360 g/mol. The molecule has 1 heterocycles. The lowest BCUT2D eigenvalue weighted by atomic mass is 10.2. The Labute approximate surface area is 153 Å². The smallest absolute Gasteiger partial charge is 0.367 e. The van der Waals surface area contributed by atoms with E-state index in [0.717, 1.165) is 11.8 Å². The van der Waals surface area contributed by atoms with Crippen LogP contribution in [0.1, 0.15) is 12.7 Å². The van der Waals surface area contributed by atoms with Crippen LogP contribution in [0.5, 0.6) is 0 Å². The minimum absolute atomic E-state index is 0.199. The minimum Gasteiger partial charge on any atom is -0.458 e. The van der Waals surface area contributed by atoms with E-state index in [1.165, 1.54) is 4.57 Å². The fourth-order valence-corrected chi connectivity index (χ4v) is 3.30. The average molecular weight is 375 g/mol. The molecule has 0 saturated carbocycles. The van der Waals surface area contributed by atoms with Crippen molar-refractivity contribution >= 4 is 39.6 Å². The van der Waals surface area contributed by atoms with Gasteiger partial charge in [-0.2, -0.15) is 0 Å². The van der Waals surface area contributed by atoms with Crippen molar-refractivity contribution in [2.45, 2.75) is 12.7 Å². The molecule has 0 aliphatic carbocycles. The summed E-state index contributed by atoms with van der Waals surface area (Å²) in [6, 6.07) is 14.1. The average Bonchev–Trinajstić information content (AvgIpc) is 2.61. The number of halogens is 1. The van der Waals surface area contributed by atoms with Gasteiger partial charge in [0.1, 0.15) is 5.82 Å². The van der Waals surface area contributed by atoms with Gasteiger partial charge in [0.15, 0.2) is 0 Å². The van der Waals surface area contributed by atoms with Gasteiger partial charge in [0.05, 0.1) is 34.0 Å². The highest BCUT2D eigenvalue weighted by Gasteiger charge is 2.16. The summed E-state index contributed by atoms with van der Waals surface area (Å²) < 4.78 is 6.39. The van der Waals surface area contributed by atoms with Gasteiger partial charge in [-0.1, -0.05) is 35.9 Å². The van der Waals surface area contributed by atoms with Gasteiger partial charge in [-0.15, -0.1) is 0 Å². The molecule has 0 saturated heterocycles. The highest BCUT2D eigenvalue weighted by molar-refractivity contribution is 8.12. The molecule has 1 aromatic heterocycles. The Morgan fingerprint density at radius 1 is 1.20 bits per heavy atom. The van der Waals surface area contributed by atoms with Gasteiger partial charge in [0, 0.05) is 0 Å². The van der Waals surface area contributed by atoms with Crippen LogP contribution in [0.25, 0.3) is 16.6 Å². The second-order valence-corrected chi connectivity index (χ2v) is 6.43. The molecule has 0 bridgehead atoms. The second-order valence-electron chi connectivity index (χ2n) is 5.11. The SMILES string of the molecule is CCOC(=O)SCc1nc2ccccc2c(=O)n1-c1ccccc1Cl. The molecule has 128 valence electrons. The van der Waals surface area contributed by atoms with Gasteiger partial charge >= 0.3 is 5.30 Å². The van der Waals surface area contributed by atoms with Crippen molar-refractivity contribution in [3.63, 3.8) is 0 Å². The fraction of sp³-hybridized carbons (Fsp3) is 0.167. The van der Waals surface area contributed by atoms with Crippen LogP contribution in [0.2, 0.25) is 5.02 Å². The predicted molar refractivity (Wildman–Crippen MR) is 101 cm³/mol. The zero-order valence-corrected chi connectivity index (χ0v) is 15.0. The molecular formula is C18H15ClN2O3S. The van der Waals surface area contributed by atoms with E-state index in [1.807, 2.05) is 6.07 Å². The topological polar surface area (TPSA) is 61.2 Å². The number of ether oxygens (including phenoxy) is 1. The number of benzene rings is 2. The summed E-state index contributed by atoms with van der Waals surface area (Å²) >= 11 is 7.24. The Hall–Kier alpha value is -2.31. The van der Waals surface area contributed by atoms with Gasteiger partial charge in [-0.25, -0.2) is 9.78 Å². The molecule has 0 N–H and O–H groups in total. The van der Waals surface area contributed by atoms with Crippen LogP contribution < -0.4 is 5.56 Å². The summed E-state index contributed by atoms with van der Waals surface area (Å²) in [5.74, 6) is 0.638. The number of hydrogen-bond donors (Lipinski definition) is 0. The van der Waals surface area contributed by atoms with E-state index in [1.54, 1.807) is 49.4 Å². The van der Waals surface area contributed by atoms with Gasteiger partial charge in [0.2, 0.25) is 0 Å². The molecule has 0 fully saturated rings. The minimum atomic E-state index is -0.407. The van der Waals surface area contributed by atoms with Crippen LogP contribution in [-0.4, -0.2) is 21.5 Å². The molecule has 3 aromatic rings. The molecule has 2 aromatic carbocycles. The van der Waals surface area contributed by atoms with E-state index in [2.05, 4.69) is 4.98 Å². The number of thioether (sulfide) groups is 1. The summed E-state index contributed by atoms with van der Waals surface area (Å²) in [5, 5.41) is 0.520. The fourth-order valence-electron chi connectivity index (χ4n) is 2.44. The highest BCUT2D eigenvalue weighted by atomic mass is 35.5.